The molecule has 1 aromatic heterocycles. The van der Waals surface area contributed by atoms with Crippen molar-refractivity contribution in [3.8, 4) is 0 Å². The van der Waals surface area contributed by atoms with Gasteiger partial charge in [-0.2, -0.15) is 11.3 Å². The van der Waals surface area contributed by atoms with Crippen LogP contribution in [-0.2, 0) is 6.42 Å². The van der Waals surface area contributed by atoms with E-state index >= 15 is 0 Å². The van der Waals surface area contributed by atoms with Gasteiger partial charge in [-0.25, -0.2) is 4.39 Å². The second kappa shape index (κ2) is 3.71. The molecule has 0 atom stereocenters. The third-order valence-corrected chi connectivity index (χ3v) is 2.61. The number of thiophene rings is 1. The molecule has 2 heteroatoms. The van der Waals surface area contributed by atoms with E-state index in [9.17, 15) is 4.39 Å². The Balaban J connectivity index is 2.19. The minimum atomic E-state index is -0.160. The van der Waals surface area contributed by atoms with Crippen LogP contribution in [0.2, 0.25) is 0 Å². The van der Waals surface area contributed by atoms with E-state index in [1.54, 1.807) is 23.5 Å². The lowest BCUT2D eigenvalue weighted by Crippen LogP contribution is -1.85. The molecule has 1 aromatic carbocycles. The summed E-state index contributed by atoms with van der Waals surface area (Å²) in [6, 6.07) is 8.81. The Labute approximate surface area is 80.7 Å². The first-order valence-corrected chi connectivity index (χ1v) is 5.04. The summed E-state index contributed by atoms with van der Waals surface area (Å²) in [4.78, 5) is 0. The van der Waals surface area contributed by atoms with E-state index < -0.39 is 0 Å². The van der Waals surface area contributed by atoms with Crippen molar-refractivity contribution in [3.05, 3.63) is 58.0 Å². The lowest BCUT2D eigenvalue weighted by atomic mass is 10.1. The molecule has 0 N–H and O–H groups in total. The second-order valence-corrected chi connectivity index (χ2v) is 3.72. The van der Waals surface area contributed by atoms with Gasteiger partial charge in [0.1, 0.15) is 5.82 Å². The van der Waals surface area contributed by atoms with Gasteiger partial charge in [0.15, 0.2) is 0 Å². The van der Waals surface area contributed by atoms with Gasteiger partial charge in [-0.15, -0.1) is 0 Å². The minimum Gasteiger partial charge on any atom is -0.207 e. The van der Waals surface area contributed by atoms with Gasteiger partial charge in [0, 0.05) is 0 Å². The molecule has 66 valence electrons. The van der Waals surface area contributed by atoms with Crippen LogP contribution in [-0.4, -0.2) is 0 Å². The molecule has 0 saturated heterocycles. The normalized spacial score (nSPS) is 10.2. The van der Waals surface area contributed by atoms with Crippen LogP contribution in [0.15, 0.2) is 41.1 Å². The summed E-state index contributed by atoms with van der Waals surface area (Å²) >= 11 is 1.67. The first-order valence-electron chi connectivity index (χ1n) is 4.10. The highest BCUT2D eigenvalue weighted by molar-refractivity contribution is 7.07. The van der Waals surface area contributed by atoms with E-state index in [0.717, 1.165) is 12.0 Å². The Morgan fingerprint density at radius 2 is 2.08 bits per heavy atom. The van der Waals surface area contributed by atoms with Gasteiger partial charge in [-0.1, -0.05) is 12.1 Å². The summed E-state index contributed by atoms with van der Waals surface area (Å²) in [5.74, 6) is -0.160. The van der Waals surface area contributed by atoms with Crippen molar-refractivity contribution >= 4 is 11.3 Å². The maximum atomic E-state index is 12.8. The Kier molecular flexibility index (Phi) is 2.41. The quantitative estimate of drug-likeness (QED) is 0.683. The number of rotatable bonds is 2. The molecule has 2 rings (SSSR count). The molecule has 0 saturated carbocycles. The first kappa shape index (κ1) is 8.45. The minimum absolute atomic E-state index is 0.160. The third-order valence-electron chi connectivity index (χ3n) is 1.88. The smallest absolute Gasteiger partial charge is 0.123 e. The van der Waals surface area contributed by atoms with E-state index in [1.165, 1.54) is 11.6 Å². The van der Waals surface area contributed by atoms with Crippen molar-refractivity contribution in [1.82, 2.24) is 0 Å². The number of hydrogen-bond acceptors (Lipinski definition) is 1. The molecule has 0 bridgehead atoms. The molecule has 0 aliphatic heterocycles. The van der Waals surface area contributed by atoms with Crippen molar-refractivity contribution in [3.63, 3.8) is 0 Å². The van der Waals surface area contributed by atoms with Gasteiger partial charge in [-0.3, -0.25) is 0 Å². The van der Waals surface area contributed by atoms with E-state index in [1.807, 2.05) is 11.4 Å². The zero-order valence-corrected chi connectivity index (χ0v) is 7.85. The monoisotopic (exact) mass is 192 g/mol. The zero-order valence-electron chi connectivity index (χ0n) is 7.03. The first-order chi connectivity index (χ1) is 6.34. The fourth-order valence-electron chi connectivity index (χ4n) is 1.28. The molecule has 0 radical (unpaired) electrons. The van der Waals surface area contributed by atoms with Crippen LogP contribution in [0, 0.1) is 5.82 Å². The van der Waals surface area contributed by atoms with Crippen molar-refractivity contribution in [2.75, 3.05) is 0 Å². The molecule has 0 aliphatic rings. The molecule has 1 heterocycles. The molecule has 0 amide bonds. The summed E-state index contributed by atoms with van der Waals surface area (Å²) in [7, 11) is 0. The van der Waals surface area contributed by atoms with Gasteiger partial charge < -0.3 is 0 Å². The van der Waals surface area contributed by atoms with Crippen LogP contribution in [0.3, 0.4) is 0 Å². The fraction of sp³-hybridized carbons (Fsp3) is 0.0909. The van der Waals surface area contributed by atoms with Crippen LogP contribution in [0.1, 0.15) is 11.1 Å². The van der Waals surface area contributed by atoms with Gasteiger partial charge in [-0.05, 0) is 46.5 Å². The standard InChI is InChI=1S/C11H9FS/c12-11-3-1-2-9(7-11)6-10-4-5-13-8-10/h1-5,7-8H,6H2. The number of benzene rings is 1. The maximum Gasteiger partial charge on any atom is 0.123 e. The molecular weight excluding hydrogens is 183 g/mol. The molecule has 0 fully saturated rings. The number of hydrogen-bond donors (Lipinski definition) is 0. The Hall–Kier alpha value is -1.15. The van der Waals surface area contributed by atoms with E-state index in [-0.39, 0.29) is 5.82 Å². The van der Waals surface area contributed by atoms with Crippen LogP contribution in [0.5, 0.6) is 0 Å². The van der Waals surface area contributed by atoms with Crippen molar-refractivity contribution in [2.45, 2.75) is 6.42 Å². The Morgan fingerprint density at radius 3 is 2.77 bits per heavy atom. The molecule has 2 aromatic rings. The molecule has 13 heavy (non-hydrogen) atoms. The molecular formula is C11H9FS. The molecule has 0 aliphatic carbocycles. The SMILES string of the molecule is Fc1cccc(Cc2ccsc2)c1. The average molecular weight is 192 g/mol. The topological polar surface area (TPSA) is 0 Å². The molecule has 0 nitrogen and oxygen atoms in total. The fourth-order valence-corrected chi connectivity index (χ4v) is 1.94. The van der Waals surface area contributed by atoms with Crippen LogP contribution < -0.4 is 0 Å². The van der Waals surface area contributed by atoms with Crippen molar-refractivity contribution < 1.29 is 4.39 Å². The van der Waals surface area contributed by atoms with E-state index in [0.29, 0.717) is 0 Å². The summed E-state index contributed by atoms with van der Waals surface area (Å²) < 4.78 is 12.8. The predicted molar refractivity (Wildman–Crippen MR) is 53.5 cm³/mol. The highest BCUT2D eigenvalue weighted by Crippen LogP contribution is 2.13. The lowest BCUT2D eigenvalue weighted by molar-refractivity contribution is 0.626. The van der Waals surface area contributed by atoms with Crippen LogP contribution in [0.25, 0.3) is 0 Å². The Bertz CT molecular complexity index is 379. The third kappa shape index (κ3) is 2.16. The summed E-state index contributed by atoms with van der Waals surface area (Å²) in [5.41, 5.74) is 2.27. The summed E-state index contributed by atoms with van der Waals surface area (Å²) in [6.07, 6.45) is 0.821. The average Bonchev–Trinajstić information content (AvgIpc) is 2.57. The van der Waals surface area contributed by atoms with E-state index in [4.69, 9.17) is 0 Å². The van der Waals surface area contributed by atoms with Crippen molar-refractivity contribution in [1.29, 1.82) is 0 Å². The highest BCUT2D eigenvalue weighted by Gasteiger charge is 1.97. The van der Waals surface area contributed by atoms with Crippen molar-refractivity contribution in [2.24, 2.45) is 0 Å². The predicted octanol–water partition coefficient (Wildman–Crippen LogP) is 3.48. The molecule has 0 spiro atoms. The van der Waals surface area contributed by atoms with Gasteiger partial charge in [0.05, 0.1) is 0 Å². The molecule has 0 unspecified atom stereocenters. The Morgan fingerprint density at radius 1 is 1.15 bits per heavy atom. The van der Waals surface area contributed by atoms with Crippen LogP contribution >= 0.6 is 11.3 Å². The second-order valence-electron chi connectivity index (χ2n) is 2.94. The highest BCUT2D eigenvalue weighted by atomic mass is 32.1. The largest absolute Gasteiger partial charge is 0.207 e. The van der Waals surface area contributed by atoms with E-state index in [2.05, 4.69) is 11.4 Å². The summed E-state index contributed by atoms with van der Waals surface area (Å²) in [5, 5.41) is 4.12. The zero-order chi connectivity index (χ0) is 9.10. The van der Waals surface area contributed by atoms with Gasteiger partial charge in [0.2, 0.25) is 0 Å². The van der Waals surface area contributed by atoms with Crippen LogP contribution in [0.4, 0.5) is 4.39 Å². The van der Waals surface area contributed by atoms with Gasteiger partial charge >= 0.3 is 0 Å². The maximum absolute atomic E-state index is 12.8. The summed E-state index contributed by atoms with van der Waals surface area (Å²) in [6.45, 7) is 0. The lowest BCUT2D eigenvalue weighted by Gasteiger charge is -1.98. The number of halogens is 1. The van der Waals surface area contributed by atoms with Gasteiger partial charge in [0.25, 0.3) is 0 Å².